The topological polar surface area (TPSA) is 49.2 Å². The zero-order chi connectivity index (χ0) is 14.5. The lowest BCUT2D eigenvalue weighted by Gasteiger charge is -2.27. The number of aliphatic hydroxyl groups is 1. The minimum absolute atomic E-state index is 0.131. The molecule has 1 heterocycles. The Balaban J connectivity index is 1.90. The quantitative estimate of drug-likeness (QED) is 0.915. The molecule has 1 N–H and O–H groups in total. The Morgan fingerprint density at radius 1 is 1.05 bits per heavy atom. The molecule has 0 fully saturated rings. The number of hydrogen-bond donors (Lipinski definition) is 1. The van der Waals surface area contributed by atoms with E-state index in [1.807, 2.05) is 18.2 Å². The molecule has 0 radical (unpaired) electrons. The summed E-state index contributed by atoms with van der Waals surface area (Å²) in [5.41, 5.74) is 3.68. The highest BCUT2D eigenvalue weighted by molar-refractivity contribution is 5.50. The average molecular weight is 283 g/mol. The fraction of sp³-hybridized carbons (Fsp3) is 0.412. The van der Waals surface area contributed by atoms with Crippen LogP contribution >= 0.6 is 0 Å². The SMILES string of the molecule is OCCN(Cc1ccccc1)c1ncnc2c1CCCC2. The van der Waals surface area contributed by atoms with Crippen molar-refractivity contribution in [2.45, 2.75) is 32.2 Å². The third-order valence-electron chi connectivity index (χ3n) is 3.99. The molecule has 21 heavy (non-hydrogen) atoms. The van der Waals surface area contributed by atoms with E-state index >= 15 is 0 Å². The van der Waals surface area contributed by atoms with Crippen molar-refractivity contribution in [1.82, 2.24) is 9.97 Å². The molecular weight excluding hydrogens is 262 g/mol. The lowest BCUT2D eigenvalue weighted by atomic mass is 9.96. The highest BCUT2D eigenvalue weighted by atomic mass is 16.3. The van der Waals surface area contributed by atoms with Crippen molar-refractivity contribution >= 4 is 5.82 Å². The van der Waals surface area contributed by atoms with Crippen molar-refractivity contribution in [3.63, 3.8) is 0 Å². The second kappa shape index (κ2) is 6.68. The van der Waals surface area contributed by atoms with Crippen LogP contribution in [0.15, 0.2) is 36.7 Å². The van der Waals surface area contributed by atoms with Crippen LogP contribution in [0.5, 0.6) is 0 Å². The van der Waals surface area contributed by atoms with Crippen LogP contribution in [0.25, 0.3) is 0 Å². The Kier molecular flexibility index (Phi) is 4.46. The molecule has 0 spiro atoms. The molecule has 0 bridgehead atoms. The van der Waals surface area contributed by atoms with Gasteiger partial charge in [0.1, 0.15) is 12.1 Å². The maximum atomic E-state index is 9.40. The molecule has 110 valence electrons. The van der Waals surface area contributed by atoms with E-state index in [4.69, 9.17) is 0 Å². The Labute approximate surface area is 125 Å². The zero-order valence-electron chi connectivity index (χ0n) is 12.2. The number of aryl methyl sites for hydroxylation is 1. The van der Waals surface area contributed by atoms with Crippen molar-refractivity contribution in [2.24, 2.45) is 0 Å². The van der Waals surface area contributed by atoms with Gasteiger partial charge < -0.3 is 10.0 Å². The van der Waals surface area contributed by atoms with E-state index in [1.54, 1.807) is 6.33 Å². The Bertz CT molecular complexity index is 586. The number of rotatable bonds is 5. The molecule has 0 amide bonds. The first kappa shape index (κ1) is 14.0. The van der Waals surface area contributed by atoms with Crippen LogP contribution in [-0.4, -0.2) is 28.2 Å². The molecule has 2 aromatic rings. The molecule has 0 unspecified atom stereocenters. The molecule has 1 aliphatic rings. The lowest BCUT2D eigenvalue weighted by Crippen LogP contribution is -2.29. The Morgan fingerprint density at radius 2 is 1.86 bits per heavy atom. The second-order valence-corrected chi connectivity index (χ2v) is 5.46. The summed E-state index contributed by atoms with van der Waals surface area (Å²) < 4.78 is 0. The number of nitrogens with zero attached hydrogens (tertiary/aromatic N) is 3. The highest BCUT2D eigenvalue weighted by Gasteiger charge is 2.19. The van der Waals surface area contributed by atoms with E-state index in [-0.39, 0.29) is 6.61 Å². The van der Waals surface area contributed by atoms with E-state index in [9.17, 15) is 5.11 Å². The van der Waals surface area contributed by atoms with Crippen LogP contribution in [0.2, 0.25) is 0 Å². The van der Waals surface area contributed by atoms with Crippen molar-refractivity contribution < 1.29 is 5.11 Å². The number of aromatic nitrogens is 2. The lowest BCUT2D eigenvalue weighted by molar-refractivity contribution is 0.301. The third-order valence-corrected chi connectivity index (χ3v) is 3.99. The molecule has 0 saturated heterocycles. The molecule has 4 nitrogen and oxygen atoms in total. The first-order chi connectivity index (χ1) is 10.4. The minimum atomic E-state index is 0.131. The van der Waals surface area contributed by atoms with Crippen LogP contribution < -0.4 is 4.90 Å². The largest absolute Gasteiger partial charge is 0.395 e. The van der Waals surface area contributed by atoms with E-state index in [1.165, 1.54) is 29.7 Å². The summed E-state index contributed by atoms with van der Waals surface area (Å²) in [5, 5.41) is 9.40. The fourth-order valence-corrected chi connectivity index (χ4v) is 2.96. The van der Waals surface area contributed by atoms with Gasteiger partial charge in [-0.15, -0.1) is 0 Å². The smallest absolute Gasteiger partial charge is 0.135 e. The molecule has 3 rings (SSSR count). The number of anilines is 1. The van der Waals surface area contributed by atoms with Crippen LogP contribution in [0.3, 0.4) is 0 Å². The highest BCUT2D eigenvalue weighted by Crippen LogP contribution is 2.27. The predicted octanol–water partition coefficient (Wildman–Crippen LogP) is 2.35. The molecular formula is C17H21N3O. The van der Waals surface area contributed by atoms with Gasteiger partial charge in [-0.3, -0.25) is 0 Å². The first-order valence-electron chi connectivity index (χ1n) is 7.61. The first-order valence-corrected chi connectivity index (χ1v) is 7.61. The predicted molar refractivity (Wildman–Crippen MR) is 83.3 cm³/mol. The maximum absolute atomic E-state index is 9.40. The monoisotopic (exact) mass is 283 g/mol. The van der Waals surface area contributed by atoms with Gasteiger partial charge in [0.15, 0.2) is 0 Å². The zero-order valence-corrected chi connectivity index (χ0v) is 12.2. The second-order valence-electron chi connectivity index (χ2n) is 5.46. The van der Waals surface area contributed by atoms with Crippen LogP contribution in [0.4, 0.5) is 5.82 Å². The van der Waals surface area contributed by atoms with E-state index in [0.29, 0.717) is 6.54 Å². The van der Waals surface area contributed by atoms with Gasteiger partial charge in [-0.05, 0) is 31.2 Å². The molecule has 1 aliphatic carbocycles. The van der Waals surface area contributed by atoms with Crippen LogP contribution in [-0.2, 0) is 19.4 Å². The van der Waals surface area contributed by atoms with Gasteiger partial charge in [-0.25, -0.2) is 9.97 Å². The molecule has 4 heteroatoms. The number of benzene rings is 1. The van der Waals surface area contributed by atoms with Gasteiger partial charge in [0.2, 0.25) is 0 Å². The normalized spacial score (nSPS) is 13.8. The van der Waals surface area contributed by atoms with E-state index in [2.05, 4.69) is 27.0 Å². The third kappa shape index (κ3) is 3.22. The summed E-state index contributed by atoms with van der Waals surface area (Å²) in [6.45, 7) is 1.49. The molecule has 0 saturated carbocycles. The van der Waals surface area contributed by atoms with Gasteiger partial charge in [0, 0.05) is 24.3 Å². The summed E-state index contributed by atoms with van der Waals surface area (Å²) in [6.07, 6.45) is 6.16. The minimum Gasteiger partial charge on any atom is -0.395 e. The van der Waals surface area contributed by atoms with Crippen LogP contribution in [0, 0.1) is 0 Å². The number of aliphatic hydroxyl groups excluding tert-OH is 1. The summed E-state index contributed by atoms with van der Waals surface area (Å²) in [5.74, 6) is 0.998. The van der Waals surface area contributed by atoms with Crippen molar-refractivity contribution in [1.29, 1.82) is 0 Å². The van der Waals surface area contributed by atoms with E-state index in [0.717, 1.165) is 25.2 Å². The maximum Gasteiger partial charge on any atom is 0.135 e. The summed E-state index contributed by atoms with van der Waals surface area (Å²) in [6, 6.07) is 10.3. The summed E-state index contributed by atoms with van der Waals surface area (Å²) in [4.78, 5) is 11.1. The van der Waals surface area contributed by atoms with Gasteiger partial charge in [0.25, 0.3) is 0 Å². The molecule has 0 aliphatic heterocycles. The number of fused-ring (bicyclic) bond motifs is 1. The number of hydrogen-bond acceptors (Lipinski definition) is 4. The van der Waals surface area contributed by atoms with E-state index < -0.39 is 0 Å². The van der Waals surface area contributed by atoms with Crippen molar-refractivity contribution in [3.8, 4) is 0 Å². The molecule has 1 aromatic carbocycles. The van der Waals surface area contributed by atoms with Crippen molar-refractivity contribution in [2.75, 3.05) is 18.1 Å². The van der Waals surface area contributed by atoms with Crippen molar-refractivity contribution in [3.05, 3.63) is 53.5 Å². The van der Waals surface area contributed by atoms with Gasteiger partial charge in [-0.1, -0.05) is 30.3 Å². The Morgan fingerprint density at radius 3 is 2.67 bits per heavy atom. The summed E-state index contributed by atoms with van der Waals surface area (Å²) >= 11 is 0. The van der Waals surface area contributed by atoms with Gasteiger partial charge in [0.05, 0.1) is 6.61 Å². The fourth-order valence-electron chi connectivity index (χ4n) is 2.96. The molecule has 0 atom stereocenters. The average Bonchev–Trinajstić information content (AvgIpc) is 2.55. The van der Waals surface area contributed by atoms with Crippen LogP contribution in [0.1, 0.15) is 29.7 Å². The standard InChI is InChI=1S/C17H21N3O/c21-11-10-20(12-14-6-2-1-3-7-14)17-15-8-4-5-9-16(15)18-13-19-17/h1-3,6-7,13,21H,4-5,8-12H2. The summed E-state index contributed by atoms with van der Waals surface area (Å²) in [7, 11) is 0. The Hall–Kier alpha value is -1.94. The molecule has 1 aromatic heterocycles. The van der Waals surface area contributed by atoms with Gasteiger partial charge in [-0.2, -0.15) is 0 Å². The van der Waals surface area contributed by atoms with Gasteiger partial charge >= 0.3 is 0 Å².